The lowest BCUT2D eigenvalue weighted by atomic mass is 9.83. The largest absolute Gasteiger partial charge is 0.486 e. The zero-order chi connectivity index (χ0) is 17.0. The molecule has 0 aromatic heterocycles. The van der Waals surface area contributed by atoms with E-state index in [4.69, 9.17) is 14.2 Å². The molecule has 6 nitrogen and oxygen atoms in total. The Balaban J connectivity index is 1.58. The second-order valence-electron chi connectivity index (χ2n) is 6.69. The summed E-state index contributed by atoms with van der Waals surface area (Å²) in [5, 5.41) is 3.06. The van der Waals surface area contributed by atoms with Gasteiger partial charge in [-0.05, 0) is 31.5 Å². The fourth-order valence-electron chi connectivity index (χ4n) is 2.94. The second-order valence-corrected chi connectivity index (χ2v) is 6.69. The van der Waals surface area contributed by atoms with Crippen molar-refractivity contribution in [1.29, 1.82) is 0 Å². The van der Waals surface area contributed by atoms with Crippen molar-refractivity contribution in [2.75, 3.05) is 52.6 Å². The van der Waals surface area contributed by atoms with Gasteiger partial charge in [0.05, 0.1) is 18.6 Å². The summed E-state index contributed by atoms with van der Waals surface area (Å²) in [6, 6.07) is 5.73. The van der Waals surface area contributed by atoms with Crippen molar-refractivity contribution in [3.05, 3.63) is 23.8 Å². The van der Waals surface area contributed by atoms with Crippen molar-refractivity contribution in [1.82, 2.24) is 10.2 Å². The fraction of sp³-hybridized carbons (Fsp3) is 0.611. The minimum Gasteiger partial charge on any atom is -0.486 e. The first-order valence-electron chi connectivity index (χ1n) is 8.56. The van der Waals surface area contributed by atoms with E-state index >= 15 is 0 Å². The Kier molecular flexibility index (Phi) is 5.26. The van der Waals surface area contributed by atoms with E-state index in [1.807, 2.05) is 32.0 Å². The van der Waals surface area contributed by atoms with Crippen molar-refractivity contribution in [2.24, 2.45) is 0 Å². The number of carbonyl (C=O) groups is 1. The number of nitrogens with one attached hydrogen (secondary N) is 1. The lowest BCUT2D eigenvalue weighted by Crippen LogP contribution is -2.45. The minimum absolute atomic E-state index is 0.0208. The number of amides is 1. The Labute approximate surface area is 143 Å². The maximum atomic E-state index is 12.6. The third-order valence-corrected chi connectivity index (χ3v) is 4.65. The van der Waals surface area contributed by atoms with Gasteiger partial charge < -0.3 is 19.5 Å². The predicted molar refractivity (Wildman–Crippen MR) is 90.7 cm³/mol. The van der Waals surface area contributed by atoms with Crippen LogP contribution in [0.3, 0.4) is 0 Å². The Hall–Kier alpha value is -1.79. The molecule has 3 rings (SSSR count). The van der Waals surface area contributed by atoms with Crippen LogP contribution >= 0.6 is 0 Å². The van der Waals surface area contributed by atoms with Gasteiger partial charge in [0, 0.05) is 26.2 Å². The molecule has 1 amide bonds. The molecule has 132 valence electrons. The minimum atomic E-state index is -0.624. The molecule has 0 aliphatic carbocycles. The number of rotatable bonds is 5. The molecule has 0 bridgehead atoms. The zero-order valence-corrected chi connectivity index (χ0v) is 14.5. The molecule has 0 spiro atoms. The van der Waals surface area contributed by atoms with E-state index in [0.29, 0.717) is 25.5 Å². The van der Waals surface area contributed by atoms with E-state index in [0.717, 1.165) is 44.2 Å². The van der Waals surface area contributed by atoms with Crippen molar-refractivity contribution >= 4 is 5.91 Å². The SMILES string of the molecule is CC(C)(C(=O)NCCN1CCOCC1)c1ccc2c(c1)OCCO2. The molecule has 1 saturated heterocycles. The lowest BCUT2D eigenvalue weighted by Gasteiger charge is -2.29. The Morgan fingerprint density at radius 3 is 2.58 bits per heavy atom. The van der Waals surface area contributed by atoms with Gasteiger partial charge in [-0.2, -0.15) is 0 Å². The third kappa shape index (κ3) is 3.82. The smallest absolute Gasteiger partial charge is 0.230 e. The standard InChI is InChI=1S/C18H26N2O4/c1-18(2,14-3-4-15-16(13-14)24-12-11-23-15)17(21)19-5-6-20-7-9-22-10-8-20/h3-4,13H,5-12H2,1-2H3,(H,19,21). The van der Waals surface area contributed by atoms with Crippen LogP contribution in [0.15, 0.2) is 18.2 Å². The number of ether oxygens (including phenoxy) is 3. The fourth-order valence-corrected chi connectivity index (χ4v) is 2.94. The number of carbonyl (C=O) groups excluding carboxylic acids is 1. The molecule has 6 heteroatoms. The maximum absolute atomic E-state index is 12.6. The van der Waals surface area contributed by atoms with Gasteiger partial charge in [-0.15, -0.1) is 0 Å². The van der Waals surface area contributed by atoms with Gasteiger partial charge in [-0.25, -0.2) is 0 Å². The molecule has 0 saturated carbocycles. The molecule has 1 fully saturated rings. The average molecular weight is 334 g/mol. The molecule has 1 N–H and O–H groups in total. The summed E-state index contributed by atoms with van der Waals surface area (Å²) in [6.45, 7) is 9.89. The highest BCUT2D eigenvalue weighted by molar-refractivity contribution is 5.87. The van der Waals surface area contributed by atoms with E-state index in [1.54, 1.807) is 0 Å². The van der Waals surface area contributed by atoms with Crippen LogP contribution in [0.25, 0.3) is 0 Å². The first kappa shape index (κ1) is 17.0. The first-order chi connectivity index (χ1) is 11.6. The zero-order valence-electron chi connectivity index (χ0n) is 14.5. The number of benzene rings is 1. The summed E-state index contributed by atoms with van der Waals surface area (Å²) in [6.07, 6.45) is 0. The highest BCUT2D eigenvalue weighted by Gasteiger charge is 2.31. The van der Waals surface area contributed by atoms with Crippen molar-refractivity contribution < 1.29 is 19.0 Å². The molecule has 1 aromatic rings. The molecule has 0 atom stereocenters. The van der Waals surface area contributed by atoms with Gasteiger partial charge in [-0.3, -0.25) is 9.69 Å². The van der Waals surface area contributed by atoms with Gasteiger partial charge >= 0.3 is 0 Å². The number of morpholine rings is 1. The maximum Gasteiger partial charge on any atom is 0.230 e. The van der Waals surface area contributed by atoms with Crippen molar-refractivity contribution in [3.63, 3.8) is 0 Å². The van der Waals surface area contributed by atoms with Crippen LogP contribution in [-0.4, -0.2) is 63.4 Å². The van der Waals surface area contributed by atoms with Gasteiger partial charge in [0.25, 0.3) is 0 Å². The molecule has 24 heavy (non-hydrogen) atoms. The Morgan fingerprint density at radius 2 is 1.83 bits per heavy atom. The van der Waals surface area contributed by atoms with Crippen LogP contribution in [0.1, 0.15) is 19.4 Å². The first-order valence-corrected chi connectivity index (χ1v) is 8.56. The molecular formula is C18H26N2O4. The van der Waals surface area contributed by atoms with Gasteiger partial charge in [0.2, 0.25) is 5.91 Å². The normalized spacial score (nSPS) is 18.2. The highest BCUT2D eigenvalue weighted by atomic mass is 16.6. The van der Waals surface area contributed by atoms with Gasteiger partial charge in [0.15, 0.2) is 11.5 Å². The Bertz CT molecular complexity index is 582. The lowest BCUT2D eigenvalue weighted by molar-refractivity contribution is -0.125. The average Bonchev–Trinajstić information content (AvgIpc) is 2.62. The number of fused-ring (bicyclic) bond motifs is 1. The predicted octanol–water partition coefficient (Wildman–Crippen LogP) is 1.18. The monoisotopic (exact) mass is 334 g/mol. The van der Waals surface area contributed by atoms with Gasteiger partial charge in [-0.1, -0.05) is 6.07 Å². The van der Waals surface area contributed by atoms with Crippen LogP contribution in [-0.2, 0) is 14.9 Å². The number of hydrogen-bond acceptors (Lipinski definition) is 5. The van der Waals surface area contributed by atoms with Crippen LogP contribution in [0.2, 0.25) is 0 Å². The summed E-state index contributed by atoms with van der Waals surface area (Å²) >= 11 is 0. The highest BCUT2D eigenvalue weighted by Crippen LogP contribution is 2.35. The van der Waals surface area contributed by atoms with Crippen molar-refractivity contribution in [2.45, 2.75) is 19.3 Å². The summed E-state index contributed by atoms with van der Waals surface area (Å²) in [5.74, 6) is 1.48. The van der Waals surface area contributed by atoms with E-state index in [9.17, 15) is 4.79 Å². The summed E-state index contributed by atoms with van der Waals surface area (Å²) in [7, 11) is 0. The van der Waals surface area contributed by atoms with E-state index < -0.39 is 5.41 Å². The topological polar surface area (TPSA) is 60.0 Å². The van der Waals surface area contributed by atoms with Crippen LogP contribution in [0, 0.1) is 0 Å². The quantitative estimate of drug-likeness (QED) is 0.876. The van der Waals surface area contributed by atoms with Gasteiger partial charge in [0.1, 0.15) is 13.2 Å². The van der Waals surface area contributed by atoms with Crippen LogP contribution in [0.5, 0.6) is 11.5 Å². The molecule has 2 aliphatic heterocycles. The Morgan fingerprint density at radius 1 is 1.12 bits per heavy atom. The number of hydrogen-bond donors (Lipinski definition) is 1. The summed E-state index contributed by atoms with van der Waals surface area (Å²) < 4.78 is 16.5. The molecular weight excluding hydrogens is 308 g/mol. The molecule has 1 aromatic carbocycles. The van der Waals surface area contributed by atoms with Crippen LogP contribution < -0.4 is 14.8 Å². The van der Waals surface area contributed by atoms with E-state index in [2.05, 4.69) is 10.2 Å². The summed E-state index contributed by atoms with van der Waals surface area (Å²) in [4.78, 5) is 15.0. The molecule has 2 heterocycles. The van der Waals surface area contributed by atoms with E-state index in [-0.39, 0.29) is 5.91 Å². The van der Waals surface area contributed by atoms with Crippen molar-refractivity contribution in [3.8, 4) is 11.5 Å². The molecule has 2 aliphatic rings. The third-order valence-electron chi connectivity index (χ3n) is 4.65. The number of nitrogens with zero attached hydrogens (tertiary/aromatic N) is 1. The second kappa shape index (κ2) is 7.40. The van der Waals surface area contributed by atoms with Crippen LogP contribution in [0.4, 0.5) is 0 Å². The molecule has 0 unspecified atom stereocenters. The molecule has 0 radical (unpaired) electrons. The summed E-state index contributed by atoms with van der Waals surface area (Å²) in [5.41, 5.74) is 0.302. The van der Waals surface area contributed by atoms with E-state index in [1.165, 1.54) is 0 Å².